The van der Waals surface area contributed by atoms with Crippen LogP contribution in [0, 0.1) is 12.8 Å². The number of benzene rings is 3. The molecule has 0 saturated carbocycles. The minimum Gasteiger partial charge on any atom is -0.354 e. The lowest BCUT2D eigenvalue weighted by molar-refractivity contribution is -0.139. The maximum absolute atomic E-state index is 13.7. The number of thioether (sulfide) groups is 1. The molecule has 7 heteroatoms. The van der Waals surface area contributed by atoms with Crippen LogP contribution in [0.2, 0.25) is 10.0 Å². The molecule has 0 spiro atoms. The number of carbonyl (C=O) groups is 2. The van der Waals surface area contributed by atoms with Gasteiger partial charge in [0, 0.05) is 40.0 Å². The highest BCUT2D eigenvalue weighted by molar-refractivity contribution is 8.00. The number of amides is 2. The Labute approximate surface area is 228 Å². The van der Waals surface area contributed by atoms with Gasteiger partial charge >= 0.3 is 0 Å². The molecule has 0 aliphatic carbocycles. The Bertz CT molecular complexity index is 1130. The van der Waals surface area contributed by atoms with E-state index in [0.29, 0.717) is 28.6 Å². The summed E-state index contributed by atoms with van der Waals surface area (Å²) in [6.07, 6.45) is 0.383. The summed E-state index contributed by atoms with van der Waals surface area (Å²) < 4.78 is 0. The molecule has 0 unspecified atom stereocenters. The predicted molar refractivity (Wildman–Crippen MR) is 151 cm³/mol. The lowest BCUT2D eigenvalue weighted by Gasteiger charge is -2.32. The fourth-order valence-corrected chi connectivity index (χ4v) is 4.99. The van der Waals surface area contributed by atoms with Crippen LogP contribution in [-0.2, 0) is 22.6 Å². The van der Waals surface area contributed by atoms with E-state index >= 15 is 0 Å². The van der Waals surface area contributed by atoms with Crippen LogP contribution < -0.4 is 5.32 Å². The summed E-state index contributed by atoms with van der Waals surface area (Å²) in [4.78, 5) is 29.8. The third-order valence-electron chi connectivity index (χ3n) is 5.73. The molecule has 4 nitrogen and oxygen atoms in total. The van der Waals surface area contributed by atoms with Gasteiger partial charge < -0.3 is 10.2 Å². The monoisotopic (exact) mass is 542 g/mol. The molecule has 0 radical (unpaired) electrons. The topological polar surface area (TPSA) is 49.4 Å². The number of nitrogens with one attached hydrogen (secondary N) is 1. The minimum absolute atomic E-state index is 0.137. The Morgan fingerprint density at radius 1 is 0.917 bits per heavy atom. The highest BCUT2D eigenvalue weighted by atomic mass is 35.5. The third kappa shape index (κ3) is 8.29. The van der Waals surface area contributed by atoms with E-state index in [0.717, 1.165) is 16.0 Å². The molecule has 3 aromatic carbocycles. The Morgan fingerprint density at radius 2 is 1.56 bits per heavy atom. The zero-order valence-corrected chi connectivity index (χ0v) is 23.2. The van der Waals surface area contributed by atoms with E-state index in [4.69, 9.17) is 23.2 Å². The number of halogens is 2. The molecule has 0 fully saturated rings. The van der Waals surface area contributed by atoms with Crippen molar-refractivity contribution in [3.05, 3.63) is 99.5 Å². The van der Waals surface area contributed by atoms with E-state index < -0.39 is 6.04 Å². The summed E-state index contributed by atoms with van der Waals surface area (Å²) in [5.41, 5.74) is 2.76. The van der Waals surface area contributed by atoms with E-state index in [1.54, 1.807) is 23.1 Å². The molecule has 36 heavy (non-hydrogen) atoms. The van der Waals surface area contributed by atoms with Gasteiger partial charge in [-0.1, -0.05) is 91.1 Å². The maximum Gasteiger partial charge on any atom is 0.243 e. The molecule has 0 saturated heterocycles. The number of carbonyl (C=O) groups excluding carboxylic acids is 2. The van der Waals surface area contributed by atoms with Gasteiger partial charge in [-0.25, -0.2) is 0 Å². The predicted octanol–water partition coefficient (Wildman–Crippen LogP) is 6.81. The second-order valence-electron chi connectivity index (χ2n) is 9.17. The Hall–Kier alpha value is -2.47. The summed E-state index contributed by atoms with van der Waals surface area (Å²) in [6.45, 7) is 6.77. The number of aryl methyl sites for hydroxylation is 1. The fraction of sp³-hybridized carbons (Fsp3) is 0.310. The van der Waals surface area contributed by atoms with Gasteiger partial charge in [0.25, 0.3) is 0 Å². The van der Waals surface area contributed by atoms with Crippen molar-refractivity contribution in [2.24, 2.45) is 5.92 Å². The van der Waals surface area contributed by atoms with E-state index in [1.165, 1.54) is 11.8 Å². The van der Waals surface area contributed by atoms with E-state index in [1.807, 2.05) is 75.4 Å². The molecule has 3 aromatic rings. The van der Waals surface area contributed by atoms with Gasteiger partial charge in [-0.05, 0) is 42.7 Å². The first kappa shape index (κ1) is 28.1. The first-order valence-electron chi connectivity index (χ1n) is 12.0. The van der Waals surface area contributed by atoms with Gasteiger partial charge in [-0.3, -0.25) is 9.59 Å². The maximum atomic E-state index is 13.7. The van der Waals surface area contributed by atoms with Crippen molar-refractivity contribution in [1.82, 2.24) is 10.2 Å². The standard InChI is InChI=1S/C29H32Cl2N2O2S/c1-20(2)17-32-29(35)27(16-22-8-5-4-6-9-22)33(18-24-25(30)10-7-11-26(24)31)28(34)19-36-23-14-12-21(3)13-15-23/h4-15,20,27H,16-19H2,1-3H3,(H,32,35)/t27-/m0/s1. The van der Waals surface area contributed by atoms with Crippen LogP contribution in [0.25, 0.3) is 0 Å². The van der Waals surface area contributed by atoms with Gasteiger partial charge in [0.1, 0.15) is 6.04 Å². The van der Waals surface area contributed by atoms with Gasteiger partial charge in [-0.15, -0.1) is 11.8 Å². The zero-order valence-electron chi connectivity index (χ0n) is 20.8. The van der Waals surface area contributed by atoms with Gasteiger partial charge in [0.05, 0.1) is 5.75 Å². The number of rotatable bonds is 11. The van der Waals surface area contributed by atoms with Crippen molar-refractivity contribution in [1.29, 1.82) is 0 Å². The first-order valence-corrected chi connectivity index (χ1v) is 13.7. The molecular weight excluding hydrogens is 511 g/mol. The minimum atomic E-state index is -0.718. The molecule has 1 atom stereocenters. The quantitative estimate of drug-likeness (QED) is 0.271. The van der Waals surface area contributed by atoms with E-state index in [9.17, 15) is 9.59 Å². The van der Waals surface area contributed by atoms with Crippen LogP contribution in [0.15, 0.2) is 77.7 Å². The van der Waals surface area contributed by atoms with Gasteiger partial charge in [0.2, 0.25) is 11.8 Å². The van der Waals surface area contributed by atoms with Crippen molar-refractivity contribution in [3.63, 3.8) is 0 Å². The van der Waals surface area contributed by atoms with E-state index in [-0.39, 0.29) is 30.0 Å². The molecule has 3 rings (SSSR count). The van der Waals surface area contributed by atoms with Crippen molar-refractivity contribution >= 4 is 46.8 Å². The number of hydrogen-bond donors (Lipinski definition) is 1. The summed E-state index contributed by atoms with van der Waals surface area (Å²) in [5.74, 6) is 0.126. The zero-order chi connectivity index (χ0) is 26.1. The molecule has 190 valence electrons. The summed E-state index contributed by atoms with van der Waals surface area (Å²) in [6, 6.07) is 22.3. The smallest absolute Gasteiger partial charge is 0.243 e. The van der Waals surface area contributed by atoms with Crippen LogP contribution in [0.5, 0.6) is 0 Å². The van der Waals surface area contributed by atoms with Gasteiger partial charge in [0.15, 0.2) is 0 Å². The van der Waals surface area contributed by atoms with Crippen molar-refractivity contribution in [3.8, 4) is 0 Å². The van der Waals surface area contributed by atoms with E-state index in [2.05, 4.69) is 5.32 Å². The summed E-state index contributed by atoms with van der Waals surface area (Å²) in [5, 5.41) is 3.96. The lowest BCUT2D eigenvalue weighted by atomic mass is 10.0. The van der Waals surface area contributed by atoms with Crippen molar-refractivity contribution in [2.45, 2.75) is 44.7 Å². The molecular formula is C29H32Cl2N2O2S. The third-order valence-corrected chi connectivity index (χ3v) is 7.43. The average Bonchev–Trinajstić information content (AvgIpc) is 2.86. The second-order valence-corrected chi connectivity index (χ2v) is 11.0. The number of nitrogens with zero attached hydrogens (tertiary/aromatic N) is 1. The Kier molecular flexibility index (Phi) is 10.7. The first-order chi connectivity index (χ1) is 17.2. The number of hydrogen-bond acceptors (Lipinski definition) is 3. The Balaban J connectivity index is 1.94. The molecule has 1 N–H and O–H groups in total. The highest BCUT2D eigenvalue weighted by Gasteiger charge is 2.31. The molecule has 0 aliphatic rings. The summed E-state index contributed by atoms with van der Waals surface area (Å²) >= 11 is 14.4. The SMILES string of the molecule is Cc1ccc(SCC(=O)N(Cc2c(Cl)cccc2Cl)[C@@H](Cc2ccccc2)C(=O)NCC(C)C)cc1. The van der Waals surface area contributed by atoms with Crippen molar-refractivity contribution in [2.75, 3.05) is 12.3 Å². The van der Waals surface area contributed by atoms with Crippen LogP contribution in [0.4, 0.5) is 0 Å². The Morgan fingerprint density at radius 3 is 2.17 bits per heavy atom. The molecule has 0 bridgehead atoms. The molecule has 0 aromatic heterocycles. The largest absolute Gasteiger partial charge is 0.354 e. The van der Waals surface area contributed by atoms with Crippen molar-refractivity contribution < 1.29 is 9.59 Å². The average molecular weight is 544 g/mol. The van der Waals surface area contributed by atoms with Crippen LogP contribution in [0.1, 0.15) is 30.5 Å². The highest BCUT2D eigenvalue weighted by Crippen LogP contribution is 2.28. The van der Waals surface area contributed by atoms with Gasteiger partial charge in [-0.2, -0.15) is 0 Å². The van der Waals surface area contributed by atoms with Crippen LogP contribution in [0.3, 0.4) is 0 Å². The molecule has 0 heterocycles. The molecule has 0 aliphatic heterocycles. The lowest BCUT2D eigenvalue weighted by Crippen LogP contribution is -2.51. The van der Waals surface area contributed by atoms with Crippen LogP contribution in [-0.4, -0.2) is 35.1 Å². The fourth-order valence-electron chi connectivity index (χ4n) is 3.69. The normalized spacial score (nSPS) is 11.8. The summed E-state index contributed by atoms with van der Waals surface area (Å²) in [7, 11) is 0. The molecule has 2 amide bonds. The van der Waals surface area contributed by atoms with Crippen LogP contribution >= 0.6 is 35.0 Å². The second kappa shape index (κ2) is 13.7.